The number of nitrogens with zero attached hydrogens (tertiary/aromatic N) is 2. The first-order chi connectivity index (χ1) is 10.2. The number of halogens is 1. The van der Waals surface area contributed by atoms with Crippen LogP contribution in [-0.4, -0.2) is 51.7 Å². The van der Waals surface area contributed by atoms with Crippen molar-refractivity contribution in [3.05, 3.63) is 29.8 Å². The second kappa shape index (κ2) is 9.89. The lowest BCUT2D eigenvalue weighted by Gasteiger charge is -2.15. The first-order valence-electron chi connectivity index (χ1n) is 7.47. The minimum Gasteiger partial charge on any atom is -0.497 e. The van der Waals surface area contributed by atoms with Crippen LogP contribution in [0.4, 0.5) is 0 Å². The predicted octanol–water partition coefficient (Wildman–Crippen LogP) is 1.93. The van der Waals surface area contributed by atoms with Gasteiger partial charge >= 0.3 is 0 Å². The second-order valence-electron chi connectivity index (χ2n) is 5.58. The lowest BCUT2D eigenvalue weighted by atomic mass is 10.1. The third kappa shape index (κ3) is 6.00. The summed E-state index contributed by atoms with van der Waals surface area (Å²) in [4.78, 5) is 6.65. The van der Waals surface area contributed by atoms with Crippen molar-refractivity contribution in [1.82, 2.24) is 15.5 Å². The lowest BCUT2D eigenvalue weighted by Crippen LogP contribution is -2.39. The lowest BCUT2D eigenvalue weighted by molar-refractivity contribution is 0.394. The first kappa shape index (κ1) is 19.0. The van der Waals surface area contributed by atoms with Crippen molar-refractivity contribution >= 4 is 29.9 Å². The van der Waals surface area contributed by atoms with E-state index in [1.54, 1.807) is 7.11 Å². The van der Waals surface area contributed by atoms with Gasteiger partial charge in [0.2, 0.25) is 0 Å². The third-order valence-corrected chi connectivity index (χ3v) is 3.86. The average molecular weight is 418 g/mol. The summed E-state index contributed by atoms with van der Waals surface area (Å²) >= 11 is 0. The standard InChI is InChI=1S/C16H26N4O.HI/c1-17-16(19-11-14-7-8-20(2)12-14)18-10-13-5-4-6-15(9-13)21-3;/h4-6,9,14H,7-8,10-12H2,1-3H3,(H2,17,18,19);1H. The fourth-order valence-corrected chi connectivity index (χ4v) is 2.62. The first-order valence-corrected chi connectivity index (χ1v) is 7.47. The number of hydrogen-bond acceptors (Lipinski definition) is 3. The molecule has 6 heteroatoms. The topological polar surface area (TPSA) is 48.9 Å². The number of rotatable bonds is 5. The molecule has 1 heterocycles. The van der Waals surface area contributed by atoms with Crippen LogP contribution in [0.1, 0.15) is 12.0 Å². The molecule has 22 heavy (non-hydrogen) atoms. The van der Waals surface area contributed by atoms with Crippen LogP contribution in [-0.2, 0) is 6.54 Å². The Hall–Kier alpha value is -1.02. The molecule has 2 rings (SSSR count). The molecule has 0 spiro atoms. The minimum atomic E-state index is 0. The summed E-state index contributed by atoms with van der Waals surface area (Å²) in [5.41, 5.74) is 1.18. The van der Waals surface area contributed by atoms with Crippen molar-refractivity contribution in [3.63, 3.8) is 0 Å². The van der Waals surface area contributed by atoms with Gasteiger partial charge < -0.3 is 20.3 Å². The van der Waals surface area contributed by atoms with Gasteiger partial charge in [0.15, 0.2) is 5.96 Å². The summed E-state index contributed by atoms with van der Waals surface area (Å²) in [6.07, 6.45) is 1.26. The molecule has 5 nitrogen and oxygen atoms in total. The smallest absolute Gasteiger partial charge is 0.191 e. The van der Waals surface area contributed by atoms with Gasteiger partial charge in [0, 0.05) is 26.7 Å². The summed E-state index contributed by atoms with van der Waals surface area (Å²) < 4.78 is 5.23. The van der Waals surface area contributed by atoms with E-state index in [0.717, 1.165) is 24.8 Å². The molecular weight excluding hydrogens is 391 g/mol. The van der Waals surface area contributed by atoms with Crippen molar-refractivity contribution in [3.8, 4) is 5.75 Å². The van der Waals surface area contributed by atoms with Gasteiger partial charge in [-0.15, -0.1) is 24.0 Å². The number of aliphatic imine (C=N–C) groups is 1. The van der Waals surface area contributed by atoms with E-state index in [0.29, 0.717) is 5.92 Å². The molecule has 1 aromatic rings. The molecule has 124 valence electrons. The Morgan fingerprint density at radius 2 is 2.23 bits per heavy atom. The van der Waals surface area contributed by atoms with E-state index in [-0.39, 0.29) is 24.0 Å². The quantitative estimate of drug-likeness (QED) is 0.436. The molecule has 1 unspecified atom stereocenters. The van der Waals surface area contributed by atoms with Gasteiger partial charge in [-0.1, -0.05) is 12.1 Å². The number of ether oxygens (including phenoxy) is 1. The molecule has 0 amide bonds. The Kier molecular flexibility index (Phi) is 8.55. The second-order valence-corrected chi connectivity index (χ2v) is 5.58. The monoisotopic (exact) mass is 418 g/mol. The highest BCUT2D eigenvalue weighted by Crippen LogP contribution is 2.13. The van der Waals surface area contributed by atoms with E-state index in [9.17, 15) is 0 Å². The Morgan fingerprint density at radius 1 is 1.41 bits per heavy atom. The van der Waals surface area contributed by atoms with E-state index >= 15 is 0 Å². The van der Waals surface area contributed by atoms with E-state index in [2.05, 4.69) is 33.6 Å². The van der Waals surface area contributed by atoms with Crippen LogP contribution in [0.3, 0.4) is 0 Å². The van der Waals surface area contributed by atoms with Crippen LogP contribution in [0, 0.1) is 5.92 Å². The highest BCUT2D eigenvalue weighted by atomic mass is 127. The summed E-state index contributed by atoms with van der Waals surface area (Å²) in [5, 5.41) is 6.75. The van der Waals surface area contributed by atoms with E-state index < -0.39 is 0 Å². The Labute approximate surface area is 150 Å². The highest BCUT2D eigenvalue weighted by Gasteiger charge is 2.19. The van der Waals surface area contributed by atoms with Crippen LogP contribution >= 0.6 is 24.0 Å². The number of nitrogens with one attached hydrogen (secondary N) is 2. The zero-order valence-electron chi connectivity index (χ0n) is 13.6. The van der Waals surface area contributed by atoms with E-state index in [4.69, 9.17) is 4.74 Å². The highest BCUT2D eigenvalue weighted by molar-refractivity contribution is 14.0. The fraction of sp³-hybridized carbons (Fsp3) is 0.562. The fourth-order valence-electron chi connectivity index (χ4n) is 2.62. The molecule has 0 aliphatic carbocycles. The zero-order valence-corrected chi connectivity index (χ0v) is 16.0. The predicted molar refractivity (Wildman–Crippen MR) is 102 cm³/mol. The summed E-state index contributed by atoms with van der Waals surface area (Å²) in [6.45, 7) is 4.08. The van der Waals surface area contributed by atoms with Gasteiger partial charge in [-0.3, -0.25) is 4.99 Å². The van der Waals surface area contributed by atoms with Gasteiger partial charge in [0.25, 0.3) is 0 Å². The molecule has 0 aromatic heterocycles. The van der Waals surface area contributed by atoms with Crippen molar-refractivity contribution in [2.75, 3.05) is 40.8 Å². The van der Waals surface area contributed by atoms with Crippen molar-refractivity contribution in [2.24, 2.45) is 10.9 Å². The number of benzene rings is 1. The van der Waals surface area contributed by atoms with E-state index in [1.165, 1.54) is 25.1 Å². The van der Waals surface area contributed by atoms with Gasteiger partial charge in [0.05, 0.1) is 7.11 Å². The Bertz CT molecular complexity index is 481. The molecule has 1 aliphatic rings. The molecule has 1 aliphatic heterocycles. The SMILES string of the molecule is CN=C(NCc1cccc(OC)c1)NCC1CCN(C)C1.I. The van der Waals surface area contributed by atoms with Crippen LogP contribution in [0.25, 0.3) is 0 Å². The van der Waals surface area contributed by atoms with Crippen molar-refractivity contribution in [1.29, 1.82) is 0 Å². The van der Waals surface area contributed by atoms with Crippen LogP contribution < -0.4 is 15.4 Å². The molecular formula is C16H27IN4O. The molecule has 1 atom stereocenters. The molecule has 0 radical (unpaired) electrons. The zero-order chi connectivity index (χ0) is 15.1. The molecule has 0 saturated carbocycles. The van der Waals surface area contributed by atoms with Gasteiger partial charge in [0.1, 0.15) is 5.75 Å². The maximum Gasteiger partial charge on any atom is 0.191 e. The van der Waals surface area contributed by atoms with Gasteiger partial charge in [-0.05, 0) is 43.6 Å². The van der Waals surface area contributed by atoms with Crippen LogP contribution in [0.15, 0.2) is 29.3 Å². The number of likely N-dealkylation sites (tertiary alicyclic amines) is 1. The number of guanidine groups is 1. The van der Waals surface area contributed by atoms with Gasteiger partial charge in [-0.2, -0.15) is 0 Å². The number of methoxy groups -OCH3 is 1. The largest absolute Gasteiger partial charge is 0.497 e. The molecule has 1 saturated heterocycles. The third-order valence-electron chi connectivity index (χ3n) is 3.86. The molecule has 1 fully saturated rings. The minimum absolute atomic E-state index is 0. The Balaban J connectivity index is 0.00000242. The van der Waals surface area contributed by atoms with Crippen molar-refractivity contribution in [2.45, 2.75) is 13.0 Å². The maximum atomic E-state index is 5.23. The number of hydrogen-bond donors (Lipinski definition) is 2. The summed E-state index contributed by atoms with van der Waals surface area (Å²) in [6, 6.07) is 8.06. The van der Waals surface area contributed by atoms with Crippen LogP contribution in [0.5, 0.6) is 5.75 Å². The van der Waals surface area contributed by atoms with Crippen LogP contribution in [0.2, 0.25) is 0 Å². The van der Waals surface area contributed by atoms with Gasteiger partial charge in [-0.25, -0.2) is 0 Å². The van der Waals surface area contributed by atoms with Crippen molar-refractivity contribution < 1.29 is 4.74 Å². The average Bonchev–Trinajstić information content (AvgIpc) is 2.93. The summed E-state index contributed by atoms with van der Waals surface area (Å²) in [5.74, 6) is 2.45. The van der Waals surface area contributed by atoms with E-state index in [1.807, 2.05) is 25.2 Å². The molecule has 2 N–H and O–H groups in total. The molecule has 1 aromatic carbocycles. The maximum absolute atomic E-state index is 5.23. The summed E-state index contributed by atoms with van der Waals surface area (Å²) in [7, 11) is 5.67. The normalized spacial score (nSPS) is 18.7. The molecule has 0 bridgehead atoms. The Morgan fingerprint density at radius 3 is 2.86 bits per heavy atom.